The third-order valence-corrected chi connectivity index (χ3v) is 2.90. The summed E-state index contributed by atoms with van der Waals surface area (Å²) in [6, 6.07) is 8.04. The van der Waals surface area contributed by atoms with Crippen LogP contribution in [0.4, 0.5) is 5.69 Å². The van der Waals surface area contributed by atoms with Gasteiger partial charge >= 0.3 is 22.9 Å². The molecule has 0 aliphatic heterocycles. The van der Waals surface area contributed by atoms with Crippen LogP contribution in [0.3, 0.4) is 0 Å². The maximum absolute atomic E-state index is 12.3. The van der Waals surface area contributed by atoms with E-state index in [1.807, 2.05) is 0 Å². The zero-order valence-electron chi connectivity index (χ0n) is 11.5. The standard InChI is InChI=1S/C13H11N3O6/c1-22-11(17)8-15-12(18)10(16(20)21)7-14(13(15)19)9-5-3-2-4-6-9/h2-7H,8H2,1H3. The van der Waals surface area contributed by atoms with Gasteiger partial charge in [0.1, 0.15) is 6.54 Å². The fourth-order valence-corrected chi connectivity index (χ4v) is 1.82. The Hall–Kier alpha value is -3.23. The predicted molar refractivity (Wildman–Crippen MR) is 75.0 cm³/mol. The number of benzene rings is 1. The molecule has 0 fully saturated rings. The number of carbonyl (C=O) groups is 1. The summed E-state index contributed by atoms with van der Waals surface area (Å²) in [5.41, 5.74) is -2.51. The Morgan fingerprint density at radius 2 is 1.91 bits per heavy atom. The quantitative estimate of drug-likeness (QED) is 0.449. The van der Waals surface area contributed by atoms with Crippen molar-refractivity contribution < 1.29 is 14.5 Å². The third-order valence-electron chi connectivity index (χ3n) is 2.90. The summed E-state index contributed by atoms with van der Waals surface area (Å²) in [4.78, 5) is 45.7. The van der Waals surface area contributed by atoms with Crippen molar-refractivity contribution in [1.82, 2.24) is 9.13 Å². The van der Waals surface area contributed by atoms with Crippen molar-refractivity contribution in [2.45, 2.75) is 6.54 Å². The molecule has 0 saturated heterocycles. The van der Waals surface area contributed by atoms with Crippen molar-refractivity contribution in [2.75, 3.05) is 7.11 Å². The first-order valence-corrected chi connectivity index (χ1v) is 6.09. The van der Waals surface area contributed by atoms with Crippen molar-refractivity contribution >= 4 is 11.7 Å². The molecule has 9 nitrogen and oxygen atoms in total. The van der Waals surface area contributed by atoms with Crippen molar-refractivity contribution in [3.05, 3.63) is 67.5 Å². The monoisotopic (exact) mass is 305 g/mol. The number of hydrogen-bond acceptors (Lipinski definition) is 6. The van der Waals surface area contributed by atoms with E-state index in [0.717, 1.165) is 17.9 Å². The van der Waals surface area contributed by atoms with Crippen LogP contribution in [0.15, 0.2) is 46.1 Å². The van der Waals surface area contributed by atoms with Gasteiger partial charge in [0, 0.05) is 0 Å². The number of nitro groups is 1. The van der Waals surface area contributed by atoms with E-state index in [2.05, 4.69) is 4.74 Å². The van der Waals surface area contributed by atoms with E-state index in [1.54, 1.807) is 18.2 Å². The second-order valence-corrected chi connectivity index (χ2v) is 4.23. The van der Waals surface area contributed by atoms with Crippen LogP contribution in [-0.2, 0) is 16.1 Å². The predicted octanol–water partition coefficient (Wildman–Crippen LogP) is 0.0804. The Morgan fingerprint density at radius 3 is 2.45 bits per heavy atom. The summed E-state index contributed by atoms with van der Waals surface area (Å²) in [7, 11) is 1.08. The van der Waals surface area contributed by atoms with Gasteiger partial charge in [-0.05, 0) is 12.1 Å². The third kappa shape index (κ3) is 2.77. The van der Waals surface area contributed by atoms with Gasteiger partial charge < -0.3 is 4.74 Å². The SMILES string of the molecule is COC(=O)Cn1c(=O)c([N+](=O)[O-])cn(-c2ccccc2)c1=O. The average molecular weight is 305 g/mol. The molecule has 1 aromatic heterocycles. The van der Waals surface area contributed by atoms with Crippen molar-refractivity contribution in [1.29, 1.82) is 0 Å². The Balaban J connectivity index is 2.76. The number of aromatic nitrogens is 2. The van der Waals surface area contributed by atoms with Gasteiger partial charge in [-0.25, -0.2) is 9.36 Å². The average Bonchev–Trinajstić information content (AvgIpc) is 2.51. The number of nitrogens with zero attached hydrogens (tertiary/aromatic N) is 3. The lowest BCUT2D eigenvalue weighted by atomic mass is 10.3. The van der Waals surface area contributed by atoms with E-state index in [9.17, 15) is 24.5 Å². The minimum atomic E-state index is -1.16. The van der Waals surface area contributed by atoms with E-state index in [-0.39, 0.29) is 0 Å². The van der Waals surface area contributed by atoms with E-state index in [1.165, 1.54) is 12.1 Å². The van der Waals surface area contributed by atoms with Crippen LogP contribution in [-0.4, -0.2) is 27.1 Å². The van der Waals surface area contributed by atoms with Gasteiger partial charge in [0.25, 0.3) is 0 Å². The summed E-state index contributed by atoms with van der Waals surface area (Å²) in [5.74, 6) is -0.862. The molecule has 22 heavy (non-hydrogen) atoms. The van der Waals surface area contributed by atoms with Crippen LogP contribution in [0.5, 0.6) is 0 Å². The number of methoxy groups -OCH3 is 1. The number of para-hydroxylation sites is 1. The minimum absolute atomic E-state index is 0.328. The van der Waals surface area contributed by atoms with Gasteiger partial charge in [0.05, 0.1) is 23.9 Å². The molecule has 0 spiro atoms. The van der Waals surface area contributed by atoms with E-state index < -0.39 is 34.4 Å². The number of esters is 1. The summed E-state index contributed by atoms with van der Waals surface area (Å²) in [5, 5.41) is 11.0. The van der Waals surface area contributed by atoms with Gasteiger partial charge in [-0.15, -0.1) is 0 Å². The van der Waals surface area contributed by atoms with Crippen LogP contribution in [0, 0.1) is 10.1 Å². The summed E-state index contributed by atoms with van der Waals surface area (Å²) >= 11 is 0. The zero-order chi connectivity index (χ0) is 16.3. The Labute approximate surface area is 123 Å². The molecule has 0 radical (unpaired) electrons. The number of hydrogen-bond donors (Lipinski definition) is 0. The first kappa shape index (κ1) is 15.2. The van der Waals surface area contributed by atoms with Gasteiger partial charge in [-0.2, -0.15) is 0 Å². The molecule has 0 saturated carbocycles. The van der Waals surface area contributed by atoms with Crippen molar-refractivity contribution in [3.63, 3.8) is 0 Å². The van der Waals surface area contributed by atoms with Crippen LogP contribution >= 0.6 is 0 Å². The molecule has 1 heterocycles. The highest BCUT2D eigenvalue weighted by atomic mass is 16.6. The molecule has 2 aromatic rings. The van der Waals surface area contributed by atoms with Crippen LogP contribution in [0.2, 0.25) is 0 Å². The summed E-state index contributed by atoms with van der Waals surface area (Å²) in [6.07, 6.45) is 0.841. The highest BCUT2D eigenvalue weighted by Crippen LogP contribution is 2.07. The highest BCUT2D eigenvalue weighted by molar-refractivity contribution is 5.69. The van der Waals surface area contributed by atoms with Gasteiger partial charge in [-0.1, -0.05) is 18.2 Å². The molecule has 0 bridgehead atoms. The number of ether oxygens (including phenoxy) is 1. The molecule has 2 rings (SSSR count). The second-order valence-electron chi connectivity index (χ2n) is 4.23. The van der Waals surface area contributed by atoms with E-state index in [4.69, 9.17) is 0 Å². The second kappa shape index (κ2) is 6.04. The fraction of sp³-hybridized carbons (Fsp3) is 0.154. The first-order chi connectivity index (χ1) is 10.5. The molecule has 0 N–H and O–H groups in total. The molecule has 1 aromatic carbocycles. The normalized spacial score (nSPS) is 10.2. The molecule has 114 valence electrons. The largest absolute Gasteiger partial charge is 0.468 e. The molecule has 0 amide bonds. The smallest absolute Gasteiger partial charge is 0.350 e. The van der Waals surface area contributed by atoms with Crippen molar-refractivity contribution in [3.8, 4) is 5.69 Å². The highest BCUT2D eigenvalue weighted by Gasteiger charge is 2.22. The molecular formula is C13H11N3O6. The minimum Gasteiger partial charge on any atom is -0.468 e. The van der Waals surface area contributed by atoms with Crippen molar-refractivity contribution in [2.24, 2.45) is 0 Å². The molecule has 0 unspecified atom stereocenters. The zero-order valence-corrected chi connectivity index (χ0v) is 11.5. The first-order valence-electron chi connectivity index (χ1n) is 6.09. The lowest BCUT2D eigenvalue weighted by Gasteiger charge is -2.09. The number of rotatable bonds is 4. The van der Waals surface area contributed by atoms with E-state index >= 15 is 0 Å². The Kier molecular flexibility index (Phi) is 4.16. The summed E-state index contributed by atoms with van der Waals surface area (Å²) in [6.45, 7) is -0.706. The lowest BCUT2D eigenvalue weighted by molar-refractivity contribution is -0.387. The molecule has 0 atom stereocenters. The summed E-state index contributed by atoms with van der Waals surface area (Å²) < 4.78 is 5.80. The van der Waals surface area contributed by atoms with Crippen LogP contribution in [0.25, 0.3) is 5.69 Å². The molecule has 9 heteroatoms. The van der Waals surface area contributed by atoms with Gasteiger partial charge in [0.2, 0.25) is 0 Å². The number of carbonyl (C=O) groups excluding carboxylic acids is 1. The van der Waals surface area contributed by atoms with Gasteiger partial charge in [-0.3, -0.25) is 24.3 Å². The topological polar surface area (TPSA) is 113 Å². The van der Waals surface area contributed by atoms with Gasteiger partial charge in [0.15, 0.2) is 0 Å². The molecule has 0 aliphatic rings. The Bertz CT molecular complexity index is 837. The lowest BCUT2D eigenvalue weighted by Crippen LogP contribution is -2.41. The van der Waals surface area contributed by atoms with E-state index in [0.29, 0.717) is 10.3 Å². The molecular weight excluding hydrogens is 294 g/mol. The maximum Gasteiger partial charge on any atom is 0.350 e. The molecule has 0 aliphatic carbocycles. The van der Waals surface area contributed by atoms with Crippen LogP contribution in [0.1, 0.15) is 0 Å². The Morgan fingerprint density at radius 1 is 1.27 bits per heavy atom. The maximum atomic E-state index is 12.3. The van der Waals surface area contributed by atoms with Crippen LogP contribution < -0.4 is 11.2 Å². The fourth-order valence-electron chi connectivity index (χ4n) is 1.82.